The Labute approximate surface area is 157 Å². The van der Waals surface area contributed by atoms with Crippen molar-refractivity contribution in [3.05, 3.63) is 94.9 Å². The number of hydrogen-bond donors (Lipinski definition) is 0. The minimum Gasteiger partial charge on any atom is -0.247 e. The van der Waals surface area contributed by atoms with Crippen molar-refractivity contribution >= 4 is 22.5 Å². The minimum atomic E-state index is 0.725. The summed E-state index contributed by atoms with van der Waals surface area (Å²) >= 11 is 5.93. The molecule has 123 valence electrons. The van der Waals surface area contributed by atoms with Gasteiger partial charge in [0.2, 0.25) is 0 Å². The molecule has 26 heavy (non-hydrogen) atoms. The molecule has 0 aliphatic heterocycles. The first-order valence-electron chi connectivity index (χ1n) is 8.20. The molecule has 2 aromatic carbocycles. The maximum Gasteiger partial charge on any atom is 0.113 e. The number of halogens is 1. The first-order chi connectivity index (χ1) is 12.7. The van der Waals surface area contributed by atoms with E-state index in [1.807, 2.05) is 60.8 Å². The average Bonchev–Trinajstić information content (AvgIpc) is 2.68. The number of fused-ring (bicyclic) bond motifs is 1. The Morgan fingerprint density at radius 3 is 2.50 bits per heavy atom. The van der Waals surface area contributed by atoms with Gasteiger partial charge in [0.1, 0.15) is 5.69 Å². The summed E-state index contributed by atoms with van der Waals surface area (Å²) in [6, 6.07) is 19.5. The van der Waals surface area contributed by atoms with Crippen molar-refractivity contribution in [3.8, 4) is 23.0 Å². The van der Waals surface area contributed by atoms with E-state index >= 15 is 0 Å². The molecule has 0 unspecified atom stereocenters. The highest BCUT2D eigenvalue weighted by Crippen LogP contribution is 2.21. The molecule has 0 bridgehead atoms. The summed E-state index contributed by atoms with van der Waals surface area (Å²) in [6.07, 6.45) is 4.73. The van der Waals surface area contributed by atoms with Crippen LogP contribution in [0, 0.1) is 25.0 Å². The molecule has 0 aliphatic carbocycles. The Morgan fingerprint density at radius 1 is 0.923 bits per heavy atom. The standard InChI is InChI=1S/C23H14ClN2/c1-16-12-13-25-23-11-3-17(14-22(16)23)2-9-21-10-6-19(15-26-21)18-4-7-20(24)8-5-18/h3-8,10-12,14-15H,1H3. The SMILES string of the molecule is Cc1c[c]nc2ccc(C#Cc3ccc(-c4ccc(Cl)cc4)cn3)cc12. The second kappa shape index (κ2) is 7.00. The van der Waals surface area contributed by atoms with Gasteiger partial charge in [-0.2, -0.15) is 0 Å². The Kier molecular flexibility index (Phi) is 4.39. The lowest BCUT2D eigenvalue weighted by Gasteiger charge is -2.01. The number of nitrogens with zero attached hydrogens (tertiary/aromatic N) is 2. The van der Waals surface area contributed by atoms with Gasteiger partial charge in [0.05, 0.1) is 11.7 Å². The summed E-state index contributed by atoms with van der Waals surface area (Å²) in [5.41, 5.74) is 5.87. The van der Waals surface area contributed by atoms with E-state index in [0.29, 0.717) is 0 Å². The maximum absolute atomic E-state index is 5.93. The van der Waals surface area contributed by atoms with Gasteiger partial charge in [-0.1, -0.05) is 35.7 Å². The van der Waals surface area contributed by atoms with Gasteiger partial charge in [0.15, 0.2) is 0 Å². The van der Waals surface area contributed by atoms with E-state index in [1.54, 1.807) is 0 Å². The molecule has 0 saturated carbocycles. The Hall–Kier alpha value is -3.15. The molecule has 2 aromatic heterocycles. The molecule has 0 spiro atoms. The zero-order chi connectivity index (χ0) is 17.9. The van der Waals surface area contributed by atoms with E-state index in [9.17, 15) is 0 Å². The minimum absolute atomic E-state index is 0.725. The molecule has 2 nitrogen and oxygen atoms in total. The molecule has 0 atom stereocenters. The van der Waals surface area contributed by atoms with Crippen molar-refractivity contribution in [2.75, 3.05) is 0 Å². The Bertz CT molecular complexity index is 1130. The molecule has 0 fully saturated rings. The zero-order valence-electron chi connectivity index (χ0n) is 14.1. The van der Waals surface area contributed by atoms with Crippen LogP contribution in [-0.4, -0.2) is 9.97 Å². The van der Waals surface area contributed by atoms with E-state index < -0.39 is 0 Å². The third-order valence-corrected chi connectivity index (χ3v) is 4.42. The summed E-state index contributed by atoms with van der Waals surface area (Å²) in [6.45, 7) is 2.05. The maximum atomic E-state index is 5.93. The van der Waals surface area contributed by atoms with Gasteiger partial charge in [-0.15, -0.1) is 0 Å². The largest absolute Gasteiger partial charge is 0.247 e. The molecule has 4 aromatic rings. The van der Waals surface area contributed by atoms with E-state index in [1.165, 1.54) is 0 Å². The fourth-order valence-corrected chi connectivity index (χ4v) is 2.85. The lowest BCUT2D eigenvalue weighted by molar-refractivity contribution is 1.29. The van der Waals surface area contributed by atoms with E-state index in [0.717, 1.165) is 43.9 Å². The second-order valence-electron chi connectivity index (χ2n) is 5.99. The summed E-state index contributed by atoms with van der Waals surface area (Å²) in [5, 5.41) is 1.82. The van der Waals surface area contributed by atoms with Crippen molar-refractivity contribution < 1.29 is 0 Å². The van der Waals surface area contributed by atoms with E-state index in [2.05, 4.69) is 41.0 Å². The smallest absolute Gasteiger partial charge is 0.113 e. The highest BCUT2D eigenvalue weighted by Gasteiger charge is 2.00. The number of pyridine rings is 2. The van der Waals surface area contributed by atoms with Crippen LogP contribution in [0.25, 0.3) is 22.0 Å². The number of benzene rings is 2. The molecule has 4 rings (SSSR count). The van der Waals surface area contributed by atoms with Crippen LogP contribution in [0.15, 0.2) is 66.9 Å². The fraction of sp³-hybridized carbons (Fsp3) is 0.0435. The van der Waals surface area contributed by atoms with Crippen molar-refractivity contribution in [1.82, 2.24) is 9.97 Å². The quantitative estimate of drug-likeness (QED) is 0.425. The van der Waals surface area contributed by atoms with Crippen LogP contribution in [0.3, 0.4) is 0 Å². The molecular formula is C23H14ClN2. The van der Waals surface area contributed by atoms with Crippen molar-refractivity contribution in [2.24, 2.45) is 0 Å². The van der Waals surface area contributed by atoms with E-state index in [-0.39, 0.29) is 0 Å². The molecule has 2 heterocycles. The van der Waals surface area contributed by atoms with Gasteiger partial charge >= 0.3 is 0 Å². The summed E-state index contributed by atoms with van der Waals surface area (Å²) in [5.74, 6) is 6.30. The monoisotopic (exact) mass is 353 g/mol. The Balaban J connectivity index is 1.60. The first-order valence-corrected chi connectivity index (χ1v) is 8.58. The molecule has 0 N–H and O–H groups in total. The van der Waals surface area contributed by atoms with Gasteiger partial charge < -0.3 is 0 Å². The van der Waals surface area contributed by atoms with E-state index in [4.69, 9.17) is 11.6 Å². The number of aryl methyl sites for hydroxylation is 1. The Morgan fingerprint density at radius 2 is 1.73 bits per heavy atom. The molecule has 0 aliphatic rings. The molecule has 1 radical (unpaired) electrons. The van der Waals surface area contributed by atoms with Gasteiger partial charge in [-0.25, -0.2) is 9.97 Å². The van der Waals surface area contributed by atoms with Gasteiger partial charge in [0.25, 0.3) is 0 Å². The average molecular weight is 354 g/mol. The third-order valence-electron chi connectivity index (χ3n) is 4.16. The fourth-order valence-electron chi connectivity index (χ4n) is 2.72. The topological polar surface area (TPSA) is 25.8 Å². The van der Waals surface area contributed by atoms with Crippen LogP contribution in [0.5, 0.6) is 0 Å². The third kappa shape index (κ3) is 3.44. The molecule has 0 amide bonds. The van der Waals surface area contributed by atoms with Crippen molar-refractivity contribution in [2.45, 2.75) is 6.92 Å². The number of aromatic nitrogens is 2. The second-order valence-corrected chi connectivity index (χ2v) is 6.43. The highest BCUT2D eigenvalue weighted by atomic mass is 35.5. The number of rotatable bonds is 1. The summed E-state index contributed by atoms with van der Waals surface area (Å²) < 4.78 is 0. The van der Waals surface area contributed by atoms with Gasteiger partial charge in [0, 0.05) is 27.7 Å². The lowest BCUT2D eigenvalue weighted by Crippen LogP contribution is -1.86. The normalized spacial score (nSPS) is 10.4. The number of hydrogen-bond acceptors (Lipinski definition) is 2. The summed E-state index contributed by atoms with van der Waals surface area (Å²) in [7, 11) is 0. The van der Waals surface area contributed by atoms with Gasteiger partial charge in [-0.3, -0.25) is 0 Å². The molecule has 3 heteroatoms. The lowest BCUT2D eigenvalue weighted by atomic mass is 10.1. The van der Waals surface area contributed by atoms with Crippen LogP contribution in [-0.2, 0) is 0 Å². The first kappa shape index (κ1) is 16.3. The molecular weight excluding hydrogens is 340 g/mol. The van der Waals surface area contributed by atoms with Crippen LogP contribution in [0.4, 0.5) is 0 Å². The summed E-state index contributed by atoms with van der Waals surface area (Å²) in [4.78, 5) is 8.70. The predicted octanol–water partition coefficient (Wildman–Crippen LogP) is 5.46. The van der Waals surface area contributed by atoms with Crippen LogP contribution < -0.4 is 0 Å². The van der Waals surface area contributed by atoms with Crippen LogP contribution >= 0.6 is 11.6 Å². The highest BCUT2D eigenvalue weighted by molar-refractivity contribution is 6.30. The van der Waals surface area contributed by atoms with Crippen LogP contribution in [0.2, 0.25) is 5.02 Å². The van der Waals surface area contributed by atoms with Crippen molar-refractivity contribution in [1.29, 1.82) is 0 Å². The predicted molar refractivity (Wildman–Crippen MR) is 106 cm³/mol. The zero-order valence-corrected chi connectivity index (χ0v) is 14.9. The van der Waals surface area contributed by atoms with Crippen molar-refractivity contribution in [3.63, 3.8) is 0 Å². The molecule has 0 saturated heterocycles. The van der Waals surface area contributed by atoms with Crippen LogP contribution in [0.1, 0.15) is 16.8 Å². The van der Waals surface area contributed by atoms with Gasteiger partial charge in [-0.05, 0) is 66.4 Å².